The number of hydrogen-bond donors (Lipinski definition) is 0. The quantitative estimate of drug-likeness (QED) is 0.427. The second-order valence-electron chi connectivity index (χ2n) is 7.65. The number of carbonyl (C=O) groups is 2. The van der Waals surface area contributed by atoms with Crippen LogP contribution in [-0.4, -0.2) is 23.3 Å². The summed E-state index contributed by atoms with van der Waals surface area (Å²) < 4.78 is 10.8. The number of ether oxygens (including phenoxy) is 1. The molecule has 0 bridgehead atoms. The molecule has 3 aromatic rings. The fourth-order valence-electron chi connectivity index (χ4n) is 3.83. The van der Waals surface area contributed by atoms with Crippen LogP contribution in [0.5, 0.6) is 0 Å². The van der Waals surface area contributed by atoms with Gasteiger partial charge in [-0.25, -0.2) is 4.79 Å². The zero-order valence-electron chi connectivity index (χ0n) is 17.1. The van der Waals surface area contributed by atoms with E-state index in [0.717, 1.165) is 11.1 Å². The van der Waals surface area contributed by atoms with Gasteiger partial charge in [-0.3, -0.25) is 9.59 Å². The topological polar surface area (TPSA) is 76.8 Å². The van der Waals surface area contributed by atoms with Crippen molar-refractivity contribution in [2.24, 2.45) is 5.92 Å². The zero-order valence-corrected chi connectivity index (χ0v) is 17.9. The maximum atomic E-state index is 12.6. The Balaban J connectivity index is 1.45. The fourth-order valence-corrected chi connectivity index (χ4v) is 4.13. The van der Waals surface area contributed by atoms with E-state index in [4.69, 9.17) is 20.8 Å². The number of amides is 1. The van der Waals surface area contributed by atoms with Crippen molar-refractivity contribution >= 4 is 34.4 Å². The van der Waals surface area contributed by atoms with Crippen LogP contribution in [0.15, 0.2) is 57.7 Å². The molecule has 0 N–H and O–H groups in total. The average molecular weight is 440 g/mol. The van der Waals surface area contributed by atoms with Crippen molar-refractivity contribution in [3.63, 3.8) is 0 Å². The monoisotopic (exact) mass is 439 g/mol. The summed E-state index contributed by atoms with van der Waals surface area (Å²) in [6.07, 6.45) is 0.821. The van der Waals surface area contributed by atoms with Gasteiger partial charge in [0.25, 0.3) is 0 Å². The fraction of sp³-hybridized carbons (Fsp3) is 0.292. The summed E-state index contributed by atoms with van der Waals surface area (Å²) in [7, 11) is 0. The second kappa shape index (κ2) is 8.94. The highest BCUT2D eigenvalue weighted by molar-refractivity contribution is 6.32. The average Bonchev–Trinajstić information content (AvgIpc) is 3.12. The Bertz CT molecular complexity index is 1190. The summed E-state index contributed by atoms with van der Waals surface area (Å²) in [4.78, 5) is 38.6. The molecule has 1 saturated heterocycles. The molecule has 160 valence electrons. The lowest BCUT2D eigenvalue weighted by Gasteiger charge is -2.16. The first-order valence-corrected chi connectivity index (χ1v) is 10.6. The number of halogens is 1. The van der Waals surface area contributed by atoms with Gasteiger partial charge in [0.2, 0.25) is 5.91 Å². The van der Waals surface area contributed by atoms with Crippen LogP contribution in [-0.2, 0) is 33.9 Å². The van der Waals surface area contributed by atoms with E-state index >= 15 is 0 Å². The van der Waals surface area contributed by atoms with Gasteiger partial charge in [-0.05, 0) is 29.7 Å². The number of carbonyl (C=O) groups excluding carboxylic acids is 2. The highest BCUT2D eigenvalue weighted by Gasteiger charge is 2.35. The minimum atomic E-state index is -0.530. The zero-order chi connectivity index (χ0) is 22.0. The van der Waals surface area contributed by atoms with Crippen LogP contribution in [0, 0.1) is 5.92 Å². The summed E-state index contributed by atoms with van der Waals surface area (Å²) in [5, 5.41) is 1.19. The first kappa shape index (κ1) is 21.1. The molecule has 0 radical (unpaired) electrons. The number of rotatable bonds is 6. The number of aryl methyl sites for hydroxylation is 1. The van der Waals surface area contributed by atoms with Crippen LogP contribution in [0.4, 0.5) is 0 Å². The van der Waals surface area contributed by atoms with E-state index < -0.39 is 17.5 Å². The number of nitrogens with zero attached hydrogens (tertiary/aromatic N) is 1. The summed E-state index contributed by atoms with van der Waals surface area (Å²) in [5.74, 6) is -1.06. The summed E-state index contributed by atoms with van der Waals surface area (Å²) in [6, 6.07) is 14.4. The van der Waals surface area contributed by atoms with Crippen LogP contribution >= 0.6 is 11.6 Å². The van der Waals surface area contributed by atoms with Crippen LogP contribution < -0.4 is 5.63 Å². The van der Waals surface area contributed by atoms with E-state index in [9.17, 15) is 14.4 Å². The maximum absolute atomic E-state index is 12.6. The Morgan fingerprint density at radius 1 is 1.16 bits per heavy atom. The molecule has 2 aromatic carbocycles. The van der Waals surface area contributed by atoms with Crippen LogP contribution in [0.1, 0.15) is 30.0 Å². The Labute approximate surface area is 184 Å². The van der Waals surface area contributed by atoms with E-state index in [1.165, 1.54) is 6.07 Å². The number of likely N-dealkylation sites (tertiary alicyclic amines) is 1. The summed E-state index contributed by atoms with van der Waals surface area (Å²) in [5.41, 5.74) is 2.29. The van der Waals surface area contributed by atoms with Crippen molar-refractivity contribution in [1.82, 2.24) is 4.90 Å². The van der Waals surface area contributed by atoms with Crippen LogP contribution in [0.2, 0.25) is 5.02 Å². The van der Waals surface area contributed by atoms with Gasteiger partial charge in [0.15, 0.2) is 0 Å². The van der Waals surface area contributed by atoms with E-state index in [1.54, 1.807) is 17.0 Å². The molecule has 0 spiro atoms. The Morgan fingerprint density at radius 3 is 2.68 bits per heavy atom. The summed E-state index contributed by atoms with van der Waals surface area (Å²) in [6.45, 7) is 2.65. The molecule has 4 rings (SSSR count). The molecule has 1 amide bonds. The minimum Gasteiger partial charge on any atom is -0.461 e. The molecular formula is C24H22ClNO5. The van der Waals surface area contributed by atoms with Gasteiger partial charge < -0.3 is 14.1 Å². The third-order valence-electron chi connectivity index (χ3n) is 5.51. The molecule has 1 aliphatic rings. The molecule has 1 aliphatic heterocycles. The molecule has 7 heteroatoms. The minimum absolute atomic E-state index is 0.0736. The van der Waals surface area contributed by atoms with E-state index in [-0.39, 0.29) is 18.9 Å². The first-order valence-electron chi connectivity index (χ1n) is 10.2. The molecule has 1 atom stereocenters. The van der Waals surface area contributed by atoms with Gasteiger partial charge in [-0.15, -0.1) is 0 Å². The largest absolute Gasteiger partial charge is 0.461 e. The van der Waals surface area contributed by atoms with Crippen molar-refractivity contribution in [2.75, 3.05) is 6.54 Å². The van der Waals surface area contributed by atoms with Crippen molar-refractivity contribution in [3.8, 4) is 0 Å². The molecule has 2 heterocycles. The van der Waals surface area contributed by atoms with E-state index in [2.05, 4.69) is 0 Å². The molecule has 31 heavy (non-hydrogen) atoms. The van der Waals surface area contributed by atoms with Crippen molar-refractivity contribution in [3.05, 3.63) is 80.7 Å². The summed E-state index contributed by atoms with van der Waals surface area (Å²) >= 11 is 6.31. The lowest BCUT2D eigenvalue weighted by atomic mass is 10.1. The van der Waals surface area contributed by atoms with Crippen LogP contribution in [0.3, 0.4) is 0 Å². The van der Waals surface area contributed by atoms with Gasteiger partial charge in [0, 0.05) is 41.5 Å². The van der Waals surface area contributed by atoms with Crippen molar-refractivity contribution in [2.45, 2.75) is 32.9 Å². The third kappa shape index (κ3) is 4.64. The van der Waals surface area contributed by atoms with Gasteiger partial charge in [0.1, 0.15) is 12.2 Å². The van der Waals surface area contributed by atoms with Crippen molar-refractivity contribution < 1.29 is 18.7 Å². The number of esters is 1. The van der Waals surface area contributed by atoms with Gasteiger partial charge in [-0.1, -0.05) is 48.9 Å². The molecule has 0 aliphatic carbocycles. The van der Waals surface area contributed by atoms with Gasteiger partial charge >= 0.3 is 11.6 Å². The molecule has 0 saturated carbocycles. The van der Waals surface area contributed by atoms with E-state index in [1.807, 2.05) is 37.3 Å². The van der Waals surface area contributed by atoms with Gasteiger partial charge in [0.05, 0.1) is 5.92 Å². The predicted octanol–water partition coefficient (Wildman–Crippen LogP) is 4.10. The van der Waals surface area contributed by atoms with Crippen molar-refractivity contribution in [1.29, 1.82) is 0 Å². The third-order valence-corrected chi connectivity index (χ3v) is 5.86. The lowest BCUT2D eigenvalue weighted by Crippen LogP contribution is -2.26. The molecule has 6 nitrogen and oxygen atoms in total. The predicted molar refractivity (Wildman–Crippen MR) is 117 cm³/mol. The standard InChI is InChI=1S/C24H22ClNO5/c1-2-16-8-21-19(11-20(16)25)18(10-23(28)31-21)14-30-24(29)17-9-22(27)26(13-17)12-15-6-4-3-5-7-15/h3-8,10-11,17H,2,9,12-14H2,1H3/t17-/m1/s1. The van der Waals surface area contributed by atoms with E-state index in [0.29, 0.717) is 41.1 Å². The molecule has 1 aromatic heterocycles. The SMILES string of the molecule is CCc1cc2oc(=O)cc(COC(=O)[C@@H]3CC(=O)N(Cc4ccccc4)C3)c2cc1Cl. The Morgan fingerprint density at radius 2 is 1.94 bits per heavy atom. The number of benzene rings is 2. The number of fused-ring (bicyclic) bond motifs is 1. The Kier molecular flexibility index (Phi) is 6.09. The number of hydrogen-bond acceptors (Lipinski definition) is 5. The Hall–Kier alpha value is -3.12. The molecule has 0 unspecified atom stereocenters. The first-order chi connectivity index (χ1) is 14.9. The smallest absolute Gasteiger partial charge is 0.336 e. The van der Waals surface area contributed by atoms with Gasteiger partial charge in [-0.2, -0.15) is 0 Å². The van der Waals surface area contributed by atoms with Crippen LogP contribution in [0.25, 0.3) is 11.0 Å². The maximum Gasteiger partial charge on any atom is 0.336 e. The normalized spacial score (nSPS) is 16.1. The highest BCUT2D eigenvalue weighted by atomic mass is 35.5. The highest BCUT2D eigenvalue weighted by Crippen LogP contribution is 2.27. The molecular weight excluding hydrogens is 418 g/mol. The lowest BCUT2D eigenvalue weighted by molar-refractivity contribution is -0.149. The molecule has 1 fully saturated rings. The second-order valence-corrected chi connectivity index (χ2v) is 8.06.